The molecule has 0 amide bonds. The summed E-state index contributed by atoms with van der Waals surface area (Å²) in [6.45, 7) is 16.7. The molecular formula is C30H48O5Si. The van der Waals surface area contributed by atoms with Gasteiger partial charge < -0.3 is 19.3 Å². The van der Waals surface area contributed by atoms with Gasteiger partial charge in [-0.05, 0) is 82.2 Å². The van der Waals surface area contributed by atoms with E-state index < -0.39 is 32.7 Å². The number of esters is 1. The first kappa shape index (κ1) is 29.1. The summed E-state index contributed by atoms with van der Waals surface area (Å²) in [7, 11) is -1.25. The Kier molecular flexibility index (Phi) is 10.0. The summed E-state index contributed by atoms with van der Waals surface area (Å²) in [6.07, 6.45) is 12.1. The third kappa shape index (κ3) is 8.27. The molecule has 6 heteroatoms. The minimum Gasteiger partial charge on any atom is -0.428 e. The molecule has 202 valence electrons. The molecule has 0 radical (unpaired) electrons. The zero-order valence-corrected chi connectivity index (χ0v) is 24.6. The third-order valence-corrected chi connectivity index (χ3v) is 9.56. The second-order valence-electron chi connectivity index (χ2n) is 12.7. The quantitative estimate of drug-likeness (QED) is 0.178. The molecule has 36 heavy (non-hydrogen) atoms. The summed E-state index contributed by atoms with van der Waals surface area (Å²) >= 11 is 0. The van der Waals surface area contributed by atoms with Gasteiger partial charge in [0.15, 0.2) is 6.29 Å². The van der Waals surface area contributed by atoms with Crippen molar-refractivity contribution in [3.8, 4) is 0 Å². The normalized spacial score (nSPS) is 27.2. The van der Waals surface area contributed by atoms with Gasteiger partial charge in [0.2, 0.25) is 6.29 Å². The maximum Gasteiger partial charge on any atom is 0.333 e. The van der Waals surface area contributed by atoms with Crippen LogP contribution >= 0.6 is 0 Å². The number of ether oxygens (including phenoxy) is 3. The van der Waals surface area contributed by atoms with E-state index in [0.717, 1.165) is 37.3 Å². The molecule has 0 fully saturated rings. The first-order valence-corrected chi connectivity index (χ1v) is 17.5. The number of hydrogen-bond acceptors (Lipinski definition) is 5. The number of rotatable bonds is 11. The van der Waals surface area contributed by atoms with Crippen LogP contribution in [0.5, 0.6) is 0 Å². The Morgan fingerprint density at radius 1 is 1.28 bits per heavy atom. The lowest BCUT2D eigenvalue weighted by Gasteiger charge is -2.35. The zero-order valence-electron chi connectivity index (χ0n) is 23.6. The van der Waals surface area contributed by atoms with Crippen LogP contribution in [-0.4, -0.2) is 44.4 Å². The van der Waals surface area contributed by atoms with E-state index in [4.69, 9.17) is 14.2 Å². The van der Waals surface area contributed by atoms with Gasteiger partial charge in [-0.2, -0.15) is 0 Å². The first-order valence-electron chi connectivity index (χ1n) is 13.8. The van der Waals surface area contributed by atoms with E-state index in [-0.39, 0.29) is 0 Å². The second-order valence-corrected chi connectivity index (χ2v) is 18.3. The predicted octanol–water partition coefficient (Wildman–Crippen LogP) is 7.22. The minimum absolute atomic E-state index is 0.330. The predicted molar refractivity (Wildman–Crippen MR) is 148 cm³/mol. The van der Waals surface area contributed by atoms with Crippen LogP contribution in [0.4, 0.5) is 0 Å². The molecule has 0 spiro atoms. The van der Waals surface area contributed by atoms with Crippen LogP contribution in [0, 0.1) is 5.41 Å². The van der Waals surface area contributed by atoms with E-state index in [9.17, 15) is 9.90 Å². The Balaban J connectivity index is 1.49. The molecule has 2 aliphatic heterocycles. The van der Waals surface area contributed by atoms with Crippen LogP contribution in [0.15, 0.2) is 46.1 Å². The van der Waals surface area contributed by atoms with E-state index in [0.29, 0.717) is 24.0 Å². The Hall–Kier alpha value is -1.47. The first-order chi connectivity index (χ1) is 16.9. The van der Waals surface area contributed by atoms with Crippen molar-refractivity contribution in [3.63, 3.8) is 0 Å². The summed E-state index contributed by atoms with van der Waals surface area (Å²) in [5.41, 5.74) is 6.56. The van der Waals surface area contributed by atoms with Crippen molar-refractivity contribution >= 4 is 14.0 Å². The molecule has 0 aromatic rings. The molecule has 1 aliphatic carbocycles. The average Bonchev–Trinajstić information content (AvgIpc) is 3.13. The number of carbonyl (C=O) groups is 1. The van der Waals surface area contributed by atoms with Gasteiger partial charge in [0.05, 0.1) is 6.10 Å². The fourth-order valence-electron chi connectivity index (χ4n) is 5.49. The van der Waals surface area contributed by atoms with Crippen molar-refractivity contribution in [2.24, 2.45) is 5.41 Å². The van der Waals surface area contributed by atoms with E-state index in [1.165, 1.54) is 30.9 Å². The lowest BCUT2D eigenvalue weighted by molar-refractivity contribution is -0.164. The Morgan fingerprint density at radius 2 is 2.03 bits per heavy atom. The molecular weight excluding hydrogens is 468 g/mol. The molecule has 0 bridgehead atoms. The second kappa shape index (κ2) is 12.4. The number of allylic oxidation sites excluding steroid dienone is 4. The van der Waals surface area contributed by atoms with E-state index in [1.807, 2.05) is 0 Å². The summed E-state index contributed by atoms with van der Waals surface area (Å²) < 4.78 is 17.2. The van der Waals surface area contributed by atoms with Crippen molar-refractivity contribution in [2.75, 3.05) is 6.61 Å². The van der Waals surface area contributed by atoms with Gasteiger partial charge in [-0.1, -0.05) is 62.4 Å². The van der Waals surface area contributed by atoms with Crippen molar-refractivity contribution in [3.05, 3.63) is 46.1 Å². The molecule has 3 atom stereocenters. The summed E-state index contributed by atoms with van der Waals surface area (Å²) in [5, 5.41) is 10.7. The monoisotopic (exact) mass is 516 g/mol. The van der Waals surface area contributed by atoms with Crippen molar-refractivity contribution in [2.45, 2.75) is 123 Å². The fourth-order valence-corrected chi connectivity index (χ4v) is 6.22. The highest BCUT2D eigenvalue weighted by Gasteiger charge is 2.36. The largest absolute Gasteiger partial charge is 0.428 e. The van der Waals surface area contributed by atoms with E-state index >= 15 is 0 Å². The molecule has 0 saturated heterocycles. The summed E-state index contributed by atoms with van der Waals surface area (Å²) in [5.74, 6) is -0.404. The van der Waals surface area contributed by atoms with Crippen molar-refractivity contribution in [1.82, 2.24) is 0 Å². The Labute approximate surface area is 219 Å². The summed E-state index contributed by atoms with van der Waals surface area (Å²) in [6, 6.07) is 0.994. The van der Waals surface area contributed by atoms with Crippen LogP contribution in [-0.2, 0) is 19.0 Å². The average molecular weight is 517 g/mol. The minimum atomic E-state index is -1.25. The standard InChI is InChI=1S/C30H48O5Si/c1-21(13-15-25-22(2)11-9-17-30(25,3)4)10-8-12-23-14-16-26(34-28(23)32)24-20-27(31)35-29(24)33-18-19-36(5,6)7/h10,14,20,26,28-29,32H,8-9,11-13,15-19H2,1-7H3/b21-10+. The Bertz CT molecular complexity index is 918. The highest BCUT2D eigenvalue weighted by molar-refractivity contribution is 6.76. The number of hydrogen-bond donors (Lipinski definition) is 1. The lowest BCUT2D eigenvalue weighted by Crippen LogP contribution is -2.33. The van der Waals surface area contributed by atoms with E-state index in [2.05, 4.69) is 59.5 Å². The maximum atomic E-state index is 11.9. The molecule has 0 aromatic heterocycles. The van der Waals surface area contributed by atoms with Crippen LogP contribution < -0.4 is 0 Å². The zero-order chi connectivity index (χ0) is 26.5. The number of aliphatic hydroxyl groups excluding tert-OH is 1. The fraction of sp³-hybridized carbons (Fsp3) is 0.700. The van der Waals surface area contributed by atoms with Crippen LogP contribution in [0.1, 0.15) is 79.1 Å². The van der Waals surface area contributed by atoms with E-state index in [1.54, 1.807) is 11.1 Å². The van der Waals surface area contributed by atoms with Gasteiger partial charge in [0, 0.05) is 26.3 Å². The highest BCUT2D eigenvalue weighted by atomic mass is 28.3. The molecule has 1 N–H and O–H groups in total. The molecule has 3 aliphatic rings. The highest BCUT2D eigenvalue weighted by Crippen LogP contribution is 2.42. The van der Waals surface area contributed by atoms with Crippen LogP contribution in [0.25, 0.3) is 0 Å². The topological polar surface area (TPSA) is 65.0 Å². The molecule has 3 unspecified atom stereocenters. The Morgan fingerprint density at radius 3 is 2.69 bits per heavy atom. The molecule has 2 heterocycles. The number of carbonyl (C=O) groups excluding carboxylic acids is 1. The molecule has 3 rings (SSSR count). The van der Waals surface area contributed by atoms with Gasteiger partial charge in [-0.15, -0.1) is 0 Å². The molecule has 0 aromatic carbocycles. The molecule has 5 nitrogen and oxygen atoms in total. The van der Waals surface area contributed by atoms with Crippen LogP contribution in [0.3, 0.4) is 0 Å². The van der Waals surface area contributed by atoms with Gasteiger partial charge in [0.1, 0.15) is 0 Å². The van der Waals surface area contributed by atoms with Crippen molar-refractivity contribution in [1.29, 1.82) is 0 Å². The maximum absolute atomic E-state index is 11.9. The smallest absolute Gasteiger partial charge is 0.333 e. The van der Waals surface area contributed by atoms with Gasteiger partial charge in [-0.25, -0.2) is 4.79 Å². The molecule has 0 saturated carbocycles. The summed E-state index contributed by atoms with van der Waals surface area (Å²) in [4.78, 5) is 11.9. The third-order valence-electron chi connectivity index (χ3n) is 7.86. The number of cyclic esters (lactones) is 1. The van der Waals surface area contributed by atoms with Crippen LogP contribution in [0.2, 0.25) is 25.7 Å². The lowest BCUT2D eigenvalue weighted by atomic mass is 9.71. The SMILES string of the molecule is CC1=C(CC/C(C)=C/CCC2=CCC(C3=CC(=O)OC3OCC[Si](C)(C)C)OC2O)C(C)(C)CCC1. The van der Waals surface area contributed by atoms with Crippen molar-refractivity contribution < 1.29 is 24.1 Å². The number of aliphatic hydroxyl groups is 1. The van der Waals surface area contributed by atoms with Gasteiger partial charge >= 0.3 is 5.97 Å². The van der Waals surface area contributed by atoms with Gasteiger partial charge in [0.25, 0.3) is 0 Å². The van der Waals surface area contributed by atoms with Gasteiger partial charge in [-0.3, -0.25) is 0 Å².